The van der Waals surface area contributed by atoms with Gasteiger partial charge in [-0.15, -0.1) is 0 Å². The van der Waals surface area contributed by atoms with E-state index in [1.165, 1.54) is 0 Å². The lowest BCUT2D eigenvalue weighted by atomic mass is 10.2. The van der Waals surface area contributed by atoms with Crippen LogP contribution in [0.15, 0.2) is 36.7 Å². The van der Waals surface area contributed by atoms with Crippen LogP contribution in [0.1, 0.15) is 41.7 Å². The van der Waals surface area contributed by atoms with Gasteiger partial charge in [-0.05, 0) is 42.4 Å². The maximum Gasteiger partial charge on any atom is 0.320 e. The average molecular weight is 697 g/mol. The highest BCUT2D eigenvalue weighted by atomic mass is 28.4. The van der Waals surface area contributed by atoms with Gasteiger partial charge in [0.2, 0.25) is 0 Å². The second-order valence-corrected chi connectivity index (χ2v) is 18.9. The van der Waals surface area contributed by atoms with Gasteiger partial charge in [0, 0.05) is 52.7 Å². The van der Waals surface area contributed by atoms with Crippen LogP contribution in [-0.4, -0.2) is 155 Å². The Balaban J connectivity index is 0.000000199. The van der Waals surface area contributed by atoms with Crippen molar-refractivity contribution in [3.8, 4) is 0 Å². The number of nitrogens with one attached hydrogen (secondary N) is 2. The Morgan fingerprint density at radius 1 is 0.857 bits per heavy atom. The summed E-state index contributed by atoms with van der Waals surface area (Å²) in [6.45, 7) is 14.4. The monoisotopic (exact) mass is 696 g/mol. The zero-order valence-electron chi connectivity index (χ0n) is 29.3. The lowest BCUT2D eigenvalue weighted by molar-refractivity contribution is 0.0932. The number of carbonyl (C=O) groups excluding carboxylic acids is 4. The number of nitrogens with zero attached hydrogens (tertiary/aromatic N) is 8. The maximum absolute atomic E-state index is 12.4. The molecular formula is C32H48N10O6Si. The minimum atomic E-state index is -1.81. The Hall–Kier alpha value is -4.48. The van der Waals surface area contributed by atoms with Crippen LogP contribution >= 0.6 is 0 Å². The molecule has 2 aromatic heterocycles. The van der Waals surface area contributed by atoms with Crippen LogP contribution in [0.5, 0.6) is 0 Å². The third kappa shape index (κ3) is 7.73. The average Bonchev–Trinajstić information content (AvgIpc) is 3.84. The number of urea groups is 2. The number of fused-ring (bicyclic) bond motifs is 4. The van der Waals surface area contributed by atoms with Gasteiger partial charge in [0.15, 0.2) is 19.7 Å². The SMILES string of the molecule is CN1C(=O)N2CC(n3ccc(C(=O)NCCO)n3)=CC1C2.CN1C(=O)N2CC(n3ccc(C(=O)NCCO[Si](C)(C)C(C)(C)C)n3)=CC1C2. The second kappa shape index (κ2) is 14.2. The molecule has 2 atom stereocenters. The zero-order chi connectivity index (χ0) is 35.7. The van der Waals surface area contributed by atoms with Crippen molar-refractivity contribution in [1.29, 1.82) is 0 Å². The van der Waals surface area contributed by atoms with Crippen molar-refractivity contribution >= 4 is 43.6 Å². The standard InChI is InChI=1S/C19H31N5O3Si.C13H17N5O3/c1-19(2,3)28(5,6)27-10-8-20-17(25)16-7-9-24(21-16)15-11-14-12-23(13-15)18(26)22(14)4;1-16-9-6-10(8-17(7-9)13(16)21)18-4-2-11(15-18)12(20)14-3-5-19/h7,9,11,14H,8,10,12-13H2,1-6H3,(H,20,25);2,4,6,9,19H,3,5,7-8H2,1H3,(H,14,20). The third-order valence-electron chi connectivity index (χ3n) is 9.72. The topological polar surface area (TPSA) is 170 Å². The molecule has 4 aliphatic rings. The van der Waals surface area contributed by atoms with Crippen LogP contribution in [0.3, 0.4) is 0 Å². The molecule has 3 N–H and O–H groups in total. The van der Waals surface area contributed by atoms with Crippen molar-refractivity contribution in [2.45, 2.75) is 51.0 Å². The first-order valence-corrected chi connectivity index (χ1v) is 19.4. The Bertz CT molecular complexity index is 1640. The maximum atomic E-state index is 12.4. The molecule has 266 valence electrons. The number of aliphatic hydroxyl groups excluding tert-OH is 1. The van der Waals surface area contributed by atoms with E-state index < -0.39 is 8.32 Å². The number of amides is 6. The molecule has 2 unspecified atom stereocenters. The molecule has 2 fully saturated rings. The van der Waals surface area contributed by atoms with E-state index in [1.807, 2.05) is 12.2 Å². The normalized spacial score (nSPS) is 20.2. The predicted octanol–water partition coefficient (Wildman–Crippen LogP) is 1.42. The highest BCUT2D eigenvalue weighted by molar-refractivity contribution is 6.74. The Morgan fingerprint density at radius 2 is 1.31 bits per heavy atom. The third-order valence-corrected chi connectivity index (χ3v) is 14.3. The summed E-state index contributed by atoms with van der Waals surface area (Å²) in [6, 6.07) is 3.47. The van der Waals surface area contributed by atoms with Crippen molar-refractivity contribution in [3.05, 3.63) is 48.1 Å². The predicted molar refractivity (Wildman–Crippen MR) is 185 cm³/mol. The van der Waals surface area contributed by atoms with E-state index in [4.69, 9.17) is 9.53 Å². The minimum Gasteiger partial charge on any atom is -0.415 e. The van der Waals surface area contributed by atoms with E-state index in [2.05, 4.69) is 54.7 Å². The summed E-state index contributed by atoms with van der Waals surface area (Å²) in [6.07, 6.45) is 7.52. The summed E-state index contributed by atoms with van der Waals surface area (Å²) >= 11 is 0. The molecule has 49 heavy (non-hydrogen) atoms. The molecule has 4 bridgehead atoms. The molecule has 0 aromatic carbocycles. The number of aromatic nitrogens is 4. The van der Waals surface area contributed by atoms with Gasteiger partial charge in [-0.1, -0.05) is 20.8 Å². The van der Waals surface area contributed by atoms with E-state index >= 15 is 0 Å². The number of rotatable bonds is 10. The van der Waals surface area contributed by atoms with Gasteiger partial charge in [0.1, 0.15) is 0 Å². The molecule has 0 saturated carbocycles. The molecule has 4 aliphatic heterocycles. The van der Waals surface area contributed by atoms with Gasteiger partial charge in [-0.2, -0.15) is 10.2 Å². The quantitative estimate of drug-likeness (QED) is 0.248. The fourth-order valence-electron chi connectivity index (χ4n) is 5.66. The lowest BCUT2D eigenvalue weighted by Crippen LogP contribution is -2.42. The Labute approximate surface area is 287 Å². The first-order valence-electron chi connectivity index (χ1n) is 16.5. The zero-order valence-corrected chi connectivity index (χ0v) is 30.3. The van der Waals surface area contributed by atoms with Crippen LogP contribution in [0.2, 0.25) is 18.1 Å². The Morgan fingerprint density at radius 3 is 1.71 bits per heavy atom. The van der Waals surface area contributed by atoms with Crippen LogP contribution in [0, 0.1) is 0 Å². The summed E-state index contributed by atoms with van der Waals surface area (Å²) < 4.78 is 9.39. The first-order chi connectivity index (χ1) is 23.1. The van der Waals surface area contributed by atoms with E-state index in [-0.39, 0.29) is 59.8 Å². The van der Waals surface area contributed by atoms with Crippen LogP contribution < -0.4 is 10.6 Å². The van der Waals surface area contributed by atoms with Gasteiger partial charge in [-0.25, -0.2) is 19.0 Å². The molecule has 6 amide bonds. The molecule has 0 aliphatic carbocycles. The molecular weight excluding hydrogens is 649 g/mol. The van der Waals surface area contributed by atoms with Crippen LogP contribution in [0.25, 0.3) is 11.4 Å². The summed E-state index contributed by atoms with van der Waals surface area (Å²) in [5.74, 6) is -0.541. The summed E-state index contributed by atoms with van der Waals surface area (Å²) in [4.78, 5) is 55.1. The summed E-state index contributed by atoms with van der Waals surface area (Å²) in [5.41, 5.74) is 2.44. The van der Waals surface area contributed by atoms with E-state index in [0.29, 0.717) is 45.0 Å². The van der Waals surface area contributed by atoms with Crippen molar-refractivity contribution in [1.82, 2.24) is 49.8 Å². The highest BCUT2D eigenvalue weighted by Crippen LogP contribution is 2.36. The lowest BCUT2D eigenvalue weighted by Gasteiger charge is -2.36. The van der Waals surface area contributed by atoms with Crippen molar-refractivity contribution in [2.24, 2.45) is 0 Å². The fourth-order valence-corrected chi connectivity index (χ4v) is 6.71. The largest absolute Gasteiger partial charge is 0.415 e. The van der Waals surface area contributed by atoms with E-state index in [0.717, 1.165) is 11.4 Å². The fraction of sp³-hybridized carbons (Fsp3) is 0.562. The number of aliphatic hydroxyl groups is 1. The van der Waals surface area contributed by atoms with Crippen LogP contribution in [-0.2, 0) is 4.43 Å². The molecule has 2 aromatic rings. The Kier molecular flexibility index (Phi) is 10.4. The van der Waals surface area contributed by atoms with Gasteiger partial charge in [0.05, 0.1) is 49.8 Å². The van der Waals surface area contributed by atoms with Crippen molar-refractivity contribution < 1.29 is 28.7 Å². The van der Waals surface area contributed by atoms with Crippen molar-refractivity contribution in [2.75, 3.05) is 66.6 Å². The van der Waals surface area contributed by atoms with E-state index in [1.54, 1.807) is 67.6 Å². The minimum absolute atomic E-state index is 0.0133. The molecule has 6 heterocycles. The van der Waals surface area contributed by atoms with Crippen LogP contribution in [0.4, 0.5) is 9.59 Å². The van der Waals surface area contributed by atoms with Crippen molar-refractivity contribution in [3.63, 3.8) is 0 Å². The molecule has 0 spiro atoms. The van der Waals surface area contributed by atoms with Gasteiger partial charge >= 0.3 is 12.1 Å². The number of carbonyl (C=O) groups is 4. The van der Waals surface area contributed by atoms with Gasteiger partial charge in [0.25, 0.3) is 11.8 Å². The number of hydrogen-bond donors (Lipinski definition) is 3. The first kappa shape index (κ1) is 35.8. The molecule has 16 nitrogen and oxygen atoms in total. The van der Waals surface area contributed by atoms with Gasteiger partial charge in [-0.3, -0.25) is 9.59 Å². The number of likely N-dealkylation sites (N-methyl/N-ethyl adjacent to an activating group) is 2. The summed E-state index contributed by atoms with van der Waals surface area (Å²) in [7, 11) is 1.78. The molecule has 6 rings (SSSR count). The molecule has 0 radical (unpaired) electrons. The smallest absolute Gasteiger partial charge is 0.320 e. The summed E-state index contributed by atoms with van der Waals surface area (Å²) in [5, 5.41) is 22.9. The molecule has 2 saturated heterocycles. The van der Waals surface area contributed by atoms with E-state index in [9.17, 15) is 19.2 Å². The number of hydrogen-bond acceptors (Lipinski definition) is 8. The molecule has 17 heteroatoms. The van der Waals surface area contributed by atoms with Gasteiger partial charge < -0.3 is 39.8 Å². The second-order valence-electron chi connectivity index (χ2n) is 14.1. The highest BCUT2D eigenvalue weighted by Gasteiger charge is 2.39.